The SMILES string of the molecule is Nc1nc(N2CCC3(CCCCC3N)CC2)cnc1-c1cccc(Cl)c1Cl. The van der Waals surface area contributed by atoms with E-state index in [1.807, 2.05) is 12.1 Å². The van der Waals surface area contributed by atoms with Crippen LogP contribution in [-0.2, 0) is 0 Å². The molecule has 1 saturated carbocycles. The van der Waals surface area contributed by atoms with Crippen molar-refractivity contribution in [2.75, 3.05) is 23.7 Å². The fraction of sp³-hybridized carbons (Fsp3) is 0.500. The largest absolute Gasteiger partial charge is 0.382 e. The fourth-order valence-corrected chi connectivity index (χ4v) is 4.97. The lowest BCUT2D eigenvalue weighted by atomic mass is 9.65. The van der Waals surface area contributed by atoms with Crippen LogP contribution in [0.3, 0.4) is 0 Å². The van der Waals surface area contributed by atoms with Crippen LogP contribution in [0.25, 0.3) is 11.3 Å². The molecule has 144 valence electrons. The first-order chi connectivity index (χ1) is 13.0. The van der Waals surface area contributed by atoms with E-state index in [1.165, 1.54) is 19.3 Å². The van der Waals surface area contributed by atoms with Gasteiger partial charge in [0, 0.05) is 24.7 Å². The molecule has 2 aromatic rings. The number of hydrogen-bond donors (Lipinski definition) is 2. The van der Waals surface area contributed by atoms with E-state index in [4.69, 9.17) is 34.7 Å². The second kappa shape index (κ2) is 7.46. The molecular weight excluding hydrogens is 381 g/mol. The van der Waals surface area contributed by atoms with E-state index in [2.05, 4.69) is 14.9 Å². The van der Waals surface area contributed by atoms with Gasteiger partial charge in [-0.05, 0) is 37.2 Å². The lowest BCUT2D eigenvalue weighted by Crippen LogP contribution is -2.51. The molecule has 1 aromatic heterocycles. The van der Waals surface area contributed by atoms with Crippen LogP contribution >= 0.6 is 23.2 Å². The van der Waals surface area contributed by atoms with Gasteiger partial charge < -0.3 is 16.4 Å². The zero-order valence-electron chi connectivity index (χ0n) is 15.3. The minimum Gasteiger partial charge on any atom is -0.382 e. The molecule has 2 aliphatic rings. The highest BCUT2D eigenvalue weighted by Gasteiger charge is 2.41. The van der Waals surface area contributed by atoms with Gasteiger partial charge in [0.05, 0.1) is 16.2 Å². The molecule has 1 unspecified atom stereocenters. The molecule has 1 saturated heterocycles. The Morgan fingerprint density at radius 1 is 1.11 bits per heavy atom. The van der Waals surface area contributed by atoms with Gasteiger partial charge in [0.2, 0.25) is 0 Å². The van der Waals surface area contributed by atoms with E-state index in [1.54, 1.807) is 12.3 Å². The number of nitrogens with zero attached hydrogens (tertiary/aromatic N) is 3. The number of nitrogens with two attached hydrogens (primary N) is 2. The first-order valence-corrected chi connectivity index (χ1v) is 10.3. The number of anilines is 2. The Kier molecular flexibility index (Phi) is 5.19. The van der Waals surface area contributed by atoms with Crippen LogP contribution in [0.5, 0.6) is 0 Å². The fourth-order valence-electron chi connectivity index (χ4n) is 4.58. The smallest absolute Gasteiger partial charge is 0.152 e. The minimum absolute atomic E-state index is 0.308. The quantitative estimate of drug-likeness (QED) is 0.767. The molecule has 4 rings (SSSR count). The average Bonchev–Trinajstić information content (AvgIpc) is 2.67. The second-order valence-corrected chi connectivity index (χ2v) is 8.55. The van der Waals surface area contributed by atoms with E-state index in [9.17, 15) is 0 Å². The van der Waals surface area contributed by atoms with Gasteiger partial charge in [0.25, 0.3) is 0 Å². The van der Waals surface area contributed by atoms with Crippen molar-refractivity contribution in [3.8, 4) is 11.3 Å². The summed E-state index contributed by atoms with van der Waals surface area (Å²) in [5.41, 5.74) is 14.3. The first kappa shape index (κ1) is 18.8. The molecule has 1 spiro atoms. The van der Waals surface area contributed by atoms with Crippen LogP contribution in [0, 0.1) is 5.41 Å². The number of benzene rings is 1. The predicted octanol–water partition coefficient (Wildman–Crippen LogP) is 4.52. The number of halogens is 2. The molecule has 0 amide bonds. The van der Waals surface area contributed by atoms with E-state index in [-0.39, 0.29) is 0 Å². The number of rotatable bonds is 2. The summed E-state index contributed by atoms with van der Waals surface area (Å²) >= 11 is 12.4. The van der Waals surface area contributed by atoms with Crippen LogP contribution < -0.4 is 16.4 Å². The van der Waals surface area contributed by atoms with Crippen molar-refractivity contribution in [1.29, 1.82) is 0 Å². The van der Waals surface area contributed by atoms with Gasteiger partial charge in [0.1, 0.15) is 11.5 Å². The molecule has 5 nitrogen and oxygen atoms in total. The lowest BCUT2D eigenvalue weighted by Gasteiger charge is -2.48. The molecule has 27 heavy (non-hydrogen) atoms. The Balaban J connectivity index is 1.53. The topological polar surface area (TPSA) is 81.1 Å². The Morgan fingerprint density at radius 2 is 1.89 bits per heavy atom. The summed E-state index contributed by atoms with van der Waals surface area (Å²) in [5, 5.41) is 0.920. The summed E-state index contributed by atoms with van der Waals surface area (Å²) < 4.78 is 0. The Labute approximate surface area is 170 Å². The first-order valence-electron chi connectivity index (χ1n) is 9.58. The molecule has 1 aliphatic heterocycles. The normalized spacial score (nSPS) is 22.2. The Morgan fingerprint density at radius 3 is 2.59 bits per heavy atom. The molecule has 1 aliphatic carbocycles. The monoisotopic (exact) mass is 405 g/mol. The van der Waals surface area contributed by atoms with E-state index in [0.717, 1.165) is 38.2 Å². The molecule has 1 atom stereocenters. The number of hydrogen-bond acceptors (Lipinski definition) is 5. The minimum atomic E-state index is 0.308. The van der Waals surface area contributed by atoms with Crippen molar-refractivity contribution in [3.63, 3.8) is 0 Å². The van der Waals surface area contributed by atoms with Gasteiger partial charge in [0.15, 0.2) is 5.82 Å². The second-order valence-electron chi connectivity index (χ2n) is 7.77. The van der Waals surface area contributed by atoms with Crippen LogP contribution in [0.2, 0.25) is 10.0 Å². The summed E-state index contributed by atoms with van der Waals surface area (Å²) in [4.78, 5) is 11.4. The highest BCUT2D eigenvalue weighted by atomic mass is 35.5. The third-order valence-corrected chi connectivity index (χ3v) is 7.12. The van der Waals surface area contributed by atoms with Gasteiger partial charge in [-0.2, -0.15) is 0 Å². The van der Waals surface area contributed by atoms with Gasteiger partial charge >= 0.3 is 0 Å². The molecule has 4 N–H and O–H groups in total. The van der Waals surface area contributed by atoms with Crippen LogP contribution in [-0.4, -0.2) is 29.1 Å². The van der Waals surface area contributed by atoms with E-state index >= 15 is 0 Å². The highest BCUT2D eigenvalue weighted by Crippen LogP contribution is 2.44. The molecular formula is C20H25Cl2N5. The van der Waals surface area contributed by atoms with Crippen LogP contribution in [0.1, 0.15) is 38.5 Å². The van der Waals surface area contributed by atoms with Crippen molar-refractivity contribution < 1.29 is 0 Å². The number of piperidine rings is 1. The summed E-state index contributed by atoms with van der Waals surface area (Å²) in [7, 11) is 0. The Bertz CT molecular complexity index is 833. The summed E-state index contributed by atoms with van der Waals surface area (Å²) in [6, 6.07) is 5.75. The summed E-state index contributed by atoms with van der Waals surface area (Å²) in [6.07, 6.45) is 8.97. The van der Waals surface area contributed by atoms with E-state index < -0.39 is 0 Å². The highest BCUT2D eigenvalue weighted by molar-refractivity contribution is 6.43. The van der Waals surface area contributed by atoms with Crippen molar-refractivity contribution in [2.45, 2.75) is 44.6 Å². The molecule has 7 heteroatoms. The van der Waals surface area contributed by atoms with Crippen molar-refractivity contribution >= 4 is 34.8 Å². The van der Waals surface area contributed by atoms with Gasteiger partial charge in [-0.1, -0.05) is 48.2 Å². The third kappa shape index (κ3) is 3.48. The zero-order valence-corrected chi connectivity index (χ0v) is 16.8. The predicted molar refractivity (Wildman–Crippen MR) is 112 cm³/mol. The van der Waals surface area contributed by atoms with Crippen molar-refractivity contribution in [1.82, 2.24) is 9.97 Å². The molecule has 0 radical (unpaired) electrons. The maximum absolute atomic E-state index is 6.47. The molecule has 2 heterocycles. The van der Waals surface area contributed by atoms with Crippen molar-refractivity contribution in [2.24, 2.45) is 11.1 Å². The summed E-state index contributed by atoms with van der Waals surface area (Å²) in [6.45, 7) is 1.89. The van der Waals surface area contributed by atoms with Gasteiger partial charge in [-0.15, -0.1) is 0 Å². The van der Waals surface area contributed by atoms with Crippen molar-refractivity contribution in [3.05, 3.63) is 34.4 Å². The molecule has 0 bridgehead atoms. The number of aromatic nitrogens is 2. The van der Waals surface area contributed by atoms with Crippen LogP contribution in [0.15, 0.2) is 24.4 Å². The molecule has 1 aromatic carbocycles. The average molecular weight is 406 g/mol. The van der Waals surface area contributed by atoms with Gasteiger partial charge in [-0.3, -0.25) is 0 Å². The zero-order chi connectivity index (χ0) is 19.0. The number of nitrogen functional groups attached to an aromatic ring is 1. The lowest BCUT2D eigenvalue weighted by molar-refractivity contribution is 0.113. The maximum Gasteiger partial charge on any atom is 0.152 e. The Hall–Kier alpha value is -1.56. The van der Waals surface area contributed by atoms with Gasteiger partial charge in [-0.25, -0.2) is 9.97 Å². The standard InChI is InChI=1S/C20H25Cl2N5/c21-14-5-3-4-13(17(14)22)18-19(24)26-16(12-25-18)27-10-8-20(9-11-27)7-2-1-6-15(20)23/h3-5,12,15H,1-2,6-11,23H2,(H2,24,26). The third-order valence-electron chi connectivity index (χ3n) is 6.30. The molecule has 2 fully saturated rings. The van der Waals surface area contributed by atoms with E-state index in [0.29, 0.717) is 38.6 Å². The maximum atomic E-state index is 6.47. The van der Waals surface area contributed by atoms with Crippen LogP contribution in [0.4, 0.5) is 11.6 Å². The summed E-state index contributed by atoms with van der Waals surface area (Å²) in [5.74, 6) is 1.18.